The van der Waals surface area contributed by atoms with Crippen LogP contribution in [0.5, 0.6) is 0 Å². The zero-order chi connectivity index (χ0) is 14.0. The van der Waals surface area contributed by atoms with Crippen LogP contribution in [0, 0.1) is 6.92 Å². The summed E-state index contributed by atoms with van der Waals surface area (Å²) in [4.78, 5) is 17.9. The van der Waals surface area contributed by atoms with E-state index >= 15 is 0 Å². The maximum Gasteiger partial charge on any atom is 0.259 e. The number of anilines is 2. The van der Waals surface area contributed by atoms with Crippen molar-refractivity contribution in [1.82, 2.24) is 4.98 Å². The number of carbonyl (C=O) groups excluding carboxylic acids is 1. The number of hydrogen-bond donors (Lipinski definition) is 1. The molecule has 2 rings (SSSR count). The van der Waals surface area contributed by atoms with Crippen LogP contribution in [0.1, 0.15) is 15.9 Å². The Morgan fingerprint density at radius 3 is 2.74 bits per heavy atom. The predicted molar refractivity (Wildman–Crippen MR) is 80.3 cm³/mol. The molecule has 0 unspecified atom stereocenters. The average molecular weight is 320 g/mol. The summed E-state index contributed by atoms with van der Waals surface area (Å²) < 4.78 is 0.775. The van der Waals surface area contributed by atoms with E-state index in [1.54, 1.807) is 25.4 Å². The highest BCUT2D eigenvalue weighted by Crippen LogP contribution is 2.25. The summed E-state index contributed by atoms with van der Waals surface area (Å²) in [7, 11) is 1.69. The van der Waals surface area contributed by atoms with Gasteiger partial charge in [0.2, 0.25) is 0 Å². The van der Waals surface area contributed by atoms with Crippen molar-refractivity contribution in [1.29, 1.82) is 0 Å². The lowest BCUT2D eigenvalue weighted by atomic mass is 10.1. The SMILES string of the molecule is Cc1ccc(C(=O)N(C)c2ccncc2N)c(Br)c1. The minimum atomic E-state index is -0.121. The molecule has 98 valence electrons. The Morgan fingerprint density at radius 1 is 1.37 bits per heavy atom. The Hall–Kier alpha value is -1.88. The average Bonchev–Trinajstić information content (AvgIpc) is 2.38. The van der Waals surface area contributed by atoms with Crippen molar-refractivity contribution < 1.29 is 4.79 Å². The molecule has 0 spiro atoms. The third-order valence-electron chi connectivity index (χ3n) is 2.85. The Balaban J connectivity index is 2.37. The van der Waals surface area contributed by atoms with Crippen molar-refractivity contribution in [2.24, 2.45) is 0 Å². The molecule has 0 radical (unpaired) electrons. The molecule has 1 heterocycles. The summed E-state index contributed by atoms with van der Waals surface area (Å²) in [5.41, 5.74) is 8.64. The van der Waals surface area contributed by atoms with E-state index in [-0.39, 0.29) is 5.91 Å². The topological polar surface area (TPSA) is 59.2 Å². The van der Waals surface area contributed by atoms with E-state index in [2.05, 4.69) is 20.9 Å². The first-order valence-corrected chi connectivity index (χ1v) is 6.53. The van der Waals surface area contributed by atoms with Crippen LogP contribution >= 0.6 is 15.9 Å². The molecule has 19 heavy (non-hydrogen) atoms. The number of nitrogens with two attached hydrogens (primary N) is 1. The second-order valence-electron chi connectivity index (χ2n) is 4.28. The molecule has 4 nitrogen and oxygen atoms in total. The molecule has 1 aromatic carbocycles. The van der Waals surface area contributed by atoms with Crippen molar-refractivity contribution in [2.75, 3.05) is 17.7 Å². The lowest BCUT2D eigenvalue weighted by Crippen LogP contribution is -2.27. The van der Waals surface area contributed by atoms with Gasteiger partial charge in [0.15, 0.2) is 0 Å². The van der Waals surface area contributed by atoms with E-state index in [1.807, 2.05) is 19.1 Å². The molecule has 0 aliphatic rings. The normalized spacial score (nSPS) is 10.3. The number of hydrogen-bond acceptors (Lipinski definition) is 3. The maximum atomic E-state index is 12.4. The van der Waals surface area contributed by atoms with Gasteiger partial charge in [0.05, 0.1) is 23.1 Å². The molecule has 5 heteroatoms. The minimum absolute atomic E-state index is 0.121. The molecule has 0 atom stereocenters. The van der Waals surface area contributed by atoms with E-state index in [9.17, 15) is 4.79 Å². The highest BCUT2D eigenvalue weighted by molar-refractivity contribution is 9.10. The summed E-state index contributed by atoms with van der Waals surface area (Å²) in [5.74, 6) is -0.121. The number of nitrogen functional groups attached to an aromatic ring is 1. The van der Waals surface area contributed by atoms with Crippen LogP contribution < -0.4 is 10.6 Å². The van der Waals surface area contributed by atoms with Gasteiger partial charge in [-0.25, -0.2) is 0 Å². The molecular weight excluding hydrogens is 306 g/mol. The molecule has 0 aliphatic carbocycles. The molecule has 0 saturated heterocycles. The first-order chi connectivity index (χ1) is 9.00. The van der Waals surface area contributed by atoms with E-state index in [0.717, 1.165) is 10.0 Å². The number of aryl methyl sites for hydroxylation is 1. The van der Waals surface area contributed by atoms with Gasteiger partial charge in [-0.05, 0) is 46.6 Å². The zero-order valence-electron chi connectivity index (χ0n) is 10.7. The predicted octanol–water partition coefficient (Wildman–Crippen LogP) is 3.01. The number of amides is 1. The van der Waals surface area contributed by atoms with E-state index in [1.165, 1.54) is 11.1 Å². The first-order valence-electron chi connectivity index (χ1n) is 5.74. The Bertz CT molecular complexity index is 628. The third kappa shape index (κ3) is 2.76. The van der Waals surface area contributed by atoms with Crippen molar-refractivity contribution in [3.05, 3.63) is 52.3 Å². The van der Waals surface area contributed by atoms with Gasteiger partial charge in [0.25, 0.3) is 5.91 Å². The molecule has 0 bridgehead atoms. The fraction of sp³-hybridized carbons (Fsp3) is 0.143. The Morgan fingerprint density at radius 2 is 2.11 bits per heavy atom. The molecule has 1 aromatic heterocycles. The molecule has 0 fully saturated rings. The number of halogens is 1. The Labute approximate surface area is 120 Å². The van der Waals surface area contributed by atoms with E-state index in [4.69, 9.17) is 5.73 Å². The molecule has 1 amide bonds. The smallest absolute Gasteiger partial charge is 0.259 e. The van der Waals surface area contributed by atoms with Crippen molar-refractivity contribution in [2.45, 2.75) is 6.92 Å². The van der Waals surface area contributed by atoms with Crippen LogP contribution in [0.3, 0.4) is 0 Å². The zero-order valence-corrected chi connectivity index (χ0v) is 12.3. The van der Waals surface area contributed by atoms with E-state index in [0.29, 0.717) is 16.9 Å². The van der Waals surface area contributed by atoms with Crippen molar-refractivity contribution in [3.63, 3.8) is 0 Å². The summed E-state index contributed by atoms with van der Waals surface area (Å²) in [6.07, 6.45) is 3.14. The maximum absolute atomic E-state index is 12.4. The number of rotatable bonds is 2. The van der Waals surface area contributed by atoms with Crippen molar-refractivity contribution in [3.8, 4) is 0 Å². The number of carbonyl (C=O) groups is 1. The van der Waals surface area contributed by atoms with Gasteiger partial charge in [0, 0.05) is 17.7 Å². The highest BCUT2D eigenvalue weighted by atomic mass is 79.9. The molecular formula is C14H14BrN3O. The second-order valence-corrected chi connectivity index (χ2v) is 5.14. The molecule has 2 N–H and O–H groups in total. The van der Waals surface area contributed by atoms with Crippen LogP contribution in [0.15, 0.2) is 41.1 Å². The molecule has 2 aromatic rings. The summed E-state index contributed by atoms with van der Waals surface area (Å²) >= 11 is 3.42. The number of aromatic nitrogens is 1. The fourth-order valence-corrected chi connectivity index (χ4v) is 2.45. The van der Waals surface area contributed by atoms with Crippen LogP contribution in [0.2, 0.25) is 0 Å². The number of pyridine rings is 1. The lowest BCUT2D eigenvalue weighted by Gasteiger charge is -2.19. The van der Waals surface area contributed by atoms with Gasteiger partial charge in [-0.3, -0.25) is 9.78 Å². The second kappa shape index (κ2) is 5.40. The third-order valence-corrected chi connectivity index (χ3v) is 3.50. The summed E-state index contributed by atoms with van der Waals surface area (Å²) in [6.45, 7) is 1.98. The van der Waals surface area contributed by atoms with Gasteiger partial charge in [-0.15, -0.1) is 0 Å². The fourth-order valence-electron chi connectivity index (χ4n) is 1.79. The van der Waals surface area contributed by atoms with Gasteiger partial charge >= 0.3 is 0 Å². The standard InChI is InChI=1S/C14H14BrN3O/c1-9-3-4-10(11(15)7-9)14(19)18(2)13-5-6-17-8-12(13)16/h3-8H,16H2,1-2H3. The first kappa shape index (κ1) is 13.5. The van der Waals surface area contributed by atoms with Gasteiger partial charge in [-0.1, -0.05) is 6.07 Å². The Kier molecular flexibility index (Phi) is 3.85. The van der Waals surface area contributed by atoms with Gasteiger partial charge in [0.1, 0.15) is 0 Å². The van der Waals surface area contributed by atoms with Crippen LogP contribution in [0.25, 0.3) is 0 Å². The monoisotopic (exact) mass is 319 g/mol. The van der Waals surface area contributed by atoms with Gasteiger partial charge in [-0.2, -0.15) is 0 Å². The van der Waals surface area contributed by atoms with Gasteiger partial charge < -0.3 is 10.6 Å². The van der Waals surface area contributed by atoms with Crippen molar-refractivity contribution >= 4 is 33.2 Å². The summed E-state index contributed by atoms with van der Waals surface area (Å²) in [6, 6.07) is 7.34. The molecule has 0 aliphatic heterocycles. The summed E-state index contributed by atoms with van der Waals surface area (Å²) in [5, 5.41) is 0. The minimum Gasteiger partial charge on any atom is -0.396 e. The number of benzene rings is 1. The van der Waals surface area contributed by atoms with Crippen LogP contribution in [0.4, 0.5) is 11.4 Å². The lowest BCUT2D eigenvalue weighted by molar-refractivity contribution is 0.0992. The molecule has 0 saturated carbocycles. The largest absolute Gasteiger partial charge is 0.396 e. The van der Waals surface area contributed by atoms with E-state index < -0.39 is 0 Å². The van der Waals surface area contributed by atoms with Crippen LogP contribution in [-0.2, 0) is 0 Å². The highest BCUT2D eigenvalue weighted by Gasteiger charge is 2.17. The number of nitrogens with zero attached hydrogens (tertiary/aromatic N) is 2. The quantitative estimate of drug-likeness (QED) is 0.925. The van der Waals surface area contributed by atoms with Crippen LogP contribution in [-0.4, -0.2) is 17.9 Å².